The van der Waals surface area contributed by atoms with Gasteiger partial charge in [-0.3, -0.25) is 10.1 Å². The summed E-state index contributed by atoms with van der Waals surface area (Å²) in [5, 5.41) is 11.4. The van der Waals surface area contributed by atoms with Crippen LogP contribution in [0.25, 0.3) is 0 Å². The van der Waals surface area contributed by atoms with E-state index in [1.807, 2.05) is 0 Å². The van der Waals surface area contributed by atoms with Gasteiger partial charge in [-0.2, -0.15) is 0 Å². The predicted octanol–water partition coefficient (Wildman–Crippen LogP) is 2.67. The second-order valence-corrected chi connectivity index (χ2v) is 4.86. The van der Waals surface area contributed by atoms with Gasteiger partial charge in [-0.15, -0.1) is 0 Å². The molecular formula is C11H13ClN2O2. The van der Waals surface area contributed by atoms with Crippen LogP contribution >= 0.6 is 11.6 Å². The number of hydrogen-bond donors (Lipinski definition) is 1. The maximum Gasteiger partial charge on any atom is 0.272 e. The summed E-state index contributed by atoms with van der Waals surface area (Å²) in [7, 11) is 0. The maximum absolute atomic E-state index is 10.8. The summed E-state index contributed by atoms with van der Waals surface area (Å²) in [4.78, 5) is 10.5. The second-order valence-electron chi connectivity index (χ2n) is 4.42. The quantitative estimate of drug-likeness (QED) is 0.652. The summed E-state index contributed by atoms with van der Waals surface area (Å²) in [6.45, 7) is 0. The minimum absolute atomic E-state index is 0.112. The Morgan fingerprint density at radius 1 is 1.50 bits per heavy atom. The van der Waals surface area contributed by atoms with Crippen molar-refractivity contribution >= 4 is 17.3 Å². The fourth-order valence-corrected chi connectivity index (χ4v) is 2.26. The zero-order valence-corrected chi connectivity index (χ0v) is 9.54. The highest BCUT2D eigenvalue weighted by atomic mass is 35.5. The molecule has 0 saturated heterocycles. The molecule has 86 valence electrons. The molecule has 2 N–H and O–H groups in total. The Bertz CT molecular complexity index is 430. The third-order valence-corrected chi connectivity index (χ3v) is 3.37. The number of nitrogens with zero attached hydrogens (tertiary/aromatic N) is 1. The summed E-state index contributed by atoms with van der Waals surface area (Å²) in [6, 6.07) is 4.62. The lowest BCUT2D eigenvalue weighted by molar-refractivity contribution is -0.385. The highest BCUT2D eigenvalue weighted by molar-refractivity contribution is 6.30. The van der Waals surface area contributed by atoms with Crippen LogP contribution in [0, 0.1) is 10.1 Å². The van der Waals surface area contributed by atoms with Gasteiger partial charge in [-0.05, 0) is 37.8 Å². The van der Waals surface area contributed by atoms with E-state index >= 15 is 0 Å². The van der Waals surface area contributed by atoms with Gasteiger partial charge in [0, 0.05) is 22.2 Å². The van der Waals surface area contributed by atoms with E-state index in [2.05, 4.69) is 0 Å². The standard InChI is InChI=1S/C11H13ClN2O2/c12-9-2-3-10(14(15)16)8(6-9)7-11(13)4-1-5-11/h2-3,6H,1,4-5,7,13H2. The van der Waals surface area contributed by atoms with Gasteiger partial charge >= 0.3 is 0 Å². The Morgan fingerprint density at radius 3 is 2.69 bits per heavy atom. The molecule has 0 aliphatic heterocycles. The highest BCUT2D eigenvalue weighted by Gasteiger charge is 2.34. The van der Waals surface area contributed by atoms with Crippen molar-refractivity contribution in [2.45, 2.75) is 31.2 Å². The number of rotatable bonds is 3. The second kappa shape index (κ2) is 4.03. The first-order chi connectivity index (χ1) is 7.50. The van der Waals surface area contributed by atoms with Gasteiger partial charge in [0.1, 0.15) is 0 Å². The lowest BCUT2D eigenvalue weighted by atomic mass is 9.73. The molecule has 0 amide bonds. The van der Waals surface area contributed by atoms with Gasteiger partial charge in [-0.25, -0.2) is 0 Å². The Labute approximate surface area is 98.5 Å². The molecular weight excluding hydrogens is 228 g/mol. The summed E-state index contributed by atoms with van der Waals surface area (Å²) >= 11 is 5.85. The molecule has 0 spiro atoms. The van der Waals surface area contributed by atoms with Crippen LogP contribution in [0.15, 0.2) is 18.2 Å². The molecule has 1 aromatic carbocycles. The number of benzene rings is 1. The molecule has 0 heterocycles. The van der Waals surface area contributed by atoms with Gasteiger partial charge in [0.2, 0.25) is 0 Å². The van der Waals surface area contributed by atoms with Crippen molar-refractivity contribution in [1.29, 1.82) is 0 Å². The molecule has 1 aliphatic rings. The van der Waals surface area contributed by atoms with Crippen LogP contribution in [0.5, 0.6) is 0 Å². The van der Waals surface area contributed by atoms with E-state index in [9.17, 15) is 10.1 Å². The molecule has 0 bridgehead atoms. The van der Waals surface area contributed by atoms with E-state index in [4.69, 9.17) is 17.3 Å². The van der Waals surface area contributed by atoms with Gasteiger partial charge in [0.15, 0.2) is 0 Å². The number of nitro benzene ring substituents is 1. The molecule has 1 fully saturated rings. The van der Waals surface area contributed by atoms with Crippen molar-refractivity contribution in [2.75, 3.05) is 0 Å². The number of halogens is 1. The SMILES string of the molecule is NC1(Cc2cc(Cl)ccc2[N+](=O)[O-])CCC1. The summed E-state index contributed by atoms with van der Waals surface area (Å²) < 4.78 is 0. The minimum Gasteiger partial charge on any atom is -0.325 e. The minimum atomic E-state index is -0.381. The van der Waals surface area contributed by atoms with Crippen molar-refractivity contribution in [2.24, 2.45) is 5.73 Å². The molecule has 1 saturated carbocycles. The third-order valence-electron chi connectivity index (χ3n) is 3.13. The van der Waals surface area contributed by atoms with Crippen molar-refractivity contribution < 1.29 is 4.92 Å². The molecule has 1 aliphatic carbocycles. The van der Waals surface area contributed by atoms with E-state index in [1.165, 1.54) is 12.1 Å². The number of hydrogen-bond acceptors (Lipinski definition) is 3. The summed E-state index contributed by atoms with van der Waals surface area (Å²) in [5.41, 5.74) is 6.57. The smallest absolute Gasteiger partial charge is 0.272 e. The van der Waals surface area contributed by atoms with Crippen LogP contribution in [-0.2, 0) is 6.42 Å². The first kappa shape index (κ1) is 11.4. The van der Waals surface area contributed by atoms with Gasteiger partial charge in [0.05, 0.1) is 4.92 Å². The molecule has 0 atom stereocenters. The van der Waals surface area contributed by atoms with Gasteiger partial charge in [0.25, 0.3) is 5.69 Å². The van der Waals surface area contributed by atoms with E-state index in [-0.39, 0.29) is 16.1 Å². The average Bonchev–Trinajstić information content (AvgIpc) is 2.15. The Morgan fingerprint density at radius 2 is 2.19 bits per heavy atom. The Hall–Kier alpha value is -1.13. The first-order valence-corrected chi connectivity index (χ1v) is 5.60. The van der Waals surface area contributed by atoms with Gasteiger partial charge in [-0.1, -0.05) is 11.6 Å². The van der Waals surface area contributed by atoms with Crippen LogP contribution in [0.1, 0.15) is 24.8 Å². The van der Waals surface area contributed by atoms with Crippen LogP contribution in [0.4, 0.5) is 5.69 Å². The van der Waals surface area contributed by atoms with Crippen molar-refractivity contribution in [3.05, 3.63) is 38.9 Å². The zero-order chi connectivity index (χ0) is 11.8. The Kier molecular flexibility index (Phi) is 2.86. The van der Waals surface area contributed by atoms with E-state index in [0.717, 1.165) is 19.3 Å². The van der Waals surface area contributed by atoms with Crippen LogP contribution in [-0.4, -0.2) is 10.5 Å². The molecule has 0 unspecified atom stereocenters. The summed E-state index contributed by atoms with van der Waals surface area (Å²) in [5.74, 6) is 0. The predicted molar refractivity (Wildman–Crippen MR) is 62.6 cm³/mol. The lowest BCUT2D eigenvalue weighted by Crippen LogP contribution is -2.48. The molecule has 16 heavy (non-hydrogen) atoms. The molecule has 0 aromatic heterocycles. The van der Waals surface area contributed by atoms with Crippen molar-refractivity contribution in [1.82, 2.24) is 0 Å². The van der Waals surface area contributed by atoms with Crippen LogP contribution < -0.4 is 5.73 Å². The monoisotopic (exact) mass is 240 g/mol. The van der Waals surface area contributed by atoms with E-state index in [1.54, 1.807) is 6.07 Å². The summed E-state index contributed by atoms with van der Waals surface area (Å²) in [6.07, 6.45) is 3.49. The highest BCUT2D eigenvalue weighted by Crippen LogP contribution is 2.35. The zero-order valence-electron chi connectivity index (χ0n) is 8.78. The van der Waals surface area contributed by atoms with Crippen molar-refractivity contribution in [3.63, 3.8) is 0 Å². The molecule has 2 rings (SSSR count). The fourth-order valence-electron chi connectivity index (χ4n) is 2.06. The van der Waals surface area contributed by atoms with Gasteiger partial charge < -0.3 is 5.73 Å². The van der Waals surface area contributed by atoms with Crippen LogP contribution in [0.2, 0.25) is 5.02 Å². The van der Waals surface area contributed by atoms with E-state index < -0.39 is 0 Å². The number of nitro groups is 1. The largest absolute Gasteiger partial charge is 0.325 e. The molecule has 4 nitrogen and oxygen atoms in total. The van der Waals surface area contributed by atoms with Crippen molar-refractivity contribution in [3.8, 4) is 0 Å². The lowest BCUT2D eigenvalue weighted by Gasteiger charge is -2.38. The number of nitrogens with two attached hydrogens (primary N) is 1. The average molecular weight is 241 g/mol. The normalized spacial score (nSPS) is 17.9. The topological polar surface area (TPSA) is 69.2 Å². The molecule has 5 heteroatoms. The molecule has 0 radical (unpaired) electrons. The van der Waals surface area contributed by atoms with Crippen LogP contribution in [0.3, 0.4) is 0 Å². The van der Waals surface area contributed by atoms with E-state index in [0.29, 0.717) is 17.0 Å². The third kappa shape index (κ3) is 2.18. The first-order valence-electron chi connectivity index (χ1n) is 5.22. The maximum atomic E-state index is 10.8. The fraction of sp³-hybridized carbons (Fsp3) is 0.455. The Balaban J connectivity index is 2.30. The molecule has 1 aromatic rings.